The van der Waals surface area contributed by atoms with E-state index in [1.807, 2.05) is 31.2 Å². The number of amides is 2. The lowest BCUT2D eigenvalue weighted by Gasteiger charge is -2.33. The van der Waals surface area contributed by atoms with E-state index in [4.69, 9.17) is 0 Å². The van der Waals surface area contributed by atoms with Gasteiger partial charge in [-0.05, 0) is 65.0 Å². The van der Waals surface area contributed by atoms with Gasteiger partial charge in [0.05, 0.1) is 5.56 Å². The maximum atomic E-state index is 13.7. The second kappa shape index (κ2) is 10.1. The molecule has 3 heterocycles. The van der Waals surface area contributed by atoms with Crippen LogP contribution < -0.4 is 4.90 Å². The number of hydrogen-bond acceptors (Lipinski definition) is 4. The number of aromatic nitrogens is 1. The third-order valence-corrected chi connectivity index (χ3v) is 9.40. The second-order valence-electron chi connectivity index (χ2n) is 9.84. The molecular formula is C26H36N4O4S. The first-order chi connectivity index (χ1) is 16.6. The van der Waals surface area contributed by atoms with Crippen molar-refractivity contribution < 1.29 is 18.0 Å². The van der Waals surface area contributed by atoms with Crippen LogP contribution in [0.3, 0.4) is 0 Å². The number of rotatable bonds is 5. The molecule has 2 aliphatic heterocycles. The normalized spacial score (nSPS) is 18.0. The molecule has 190 valence electrons. The van der Waals surface area contributed by atoms with Crippen LogP contribution in [0.5, 0.6) is 0 Å². The van der Waals surface area contributed by atoms with Crippen LogP contribution in [0.15, 0.2) is 29.2 Å². The number of hydrogen-bond donors (Lipinski definition) is 1. The van der Waals surface area contributed by atoms with Gasteiger partial charge in [0.2, 0.25) is 15.9 Å². The standard InChI is InChI=1S/C26H36N4O4S/c1-18-8-10-22(11-9-18)28(4)25(31)21-12-16-30(17-13-21)35(33,34)24-20(3)27-19(2)23(24)26(32)29-14-6-5-7-15-29/h8-11,21,27H,5-7,12-17H2,1-4H3. The summed E-state index contributed by atoms with van der Waals surface area (Å²) in [5.41, 5.74) is 3.29. The van der Waals surface area contributed by atoms with E-state index in [1.54, 1.807) is 30.7 Å². The van der Waals surface area contributed by atoms with Crippen molar-refractivity contribution in [2.75, 3.05) is 38.1 Å². The van der Waals surface area contributed by atoms with Crippen LogP contribution in [-0.2, 0) is 14.8 Å². The van der Waals surface area contributed by atoms with Crippen LogP contribution in [0.1, 0.15) is 59.4 Å². The Kier molecular flexibility index (Phi) is 7.38. The summed E-state index contributed by atoms with van der Waals surface area (Å²) in [5.74, 6) is -0.452. The Bertz CT molecular complexity index is 1190. The molecule has 0 atom stereocenters. The highest BCUT2D eigenvalue weighted by atomic mass is 32.2. The van der Waals surface area contributed by atoms with Crippen molar-refractivity contribution in [2.45, 2.75) is 57.8 Å². The maximum absolute atomic E-state index is 13.7. The van der Waals surface area contributed by atoms with Gasteiger partial charge in [-0.2, -0.15) is 4.31 Å². The van der Waals surface area contributed by atoms with E-state index in [-0.39, 0.29) is 41.3 Å². The first-order valence-electron chi connectivity index (χ1n) is 12.4. The smallest absolute Gasteiger partial charge is 0.257 e. The summed E-state index contributed by atoms with van der Waals surface area (Å²) in [5, 5.41) is 0. The van der Waals surface area contributed by atoms with E-state index in [9.17, 15) is 18.0 Å². The van der Waals surface area contributed by atoms with E-state index in [1.165, 1.54) is 4.31 Å². The molecule has 2 saturated heterocycles. The summed E-state index contributed by atoms with van der Waals surface area (Å²) in [6, 6.07) is 7.78. The molecule has 0 radical (unpaired) electrons. The number of carbonyl (C=O) groups excluding carboxylic acids is 2. The lowest BCUT2D eigenvalue weighted by Crippen LogP contribution is -2.44. The predicted molar refractivity (Wildman–Crippen MR) is 136 cm³/mol. The van der Waals surface area contributed by atoms with E-state index in [0.717, 1.165) is 30.5 Å². The van der Waals surface area contributed by atoms with Crippen LogP contribution in [0.4, 0.5) is 5.69 Å². The van der Waals surface area contributed by atoms with E-state index in [2.05, 4.69) is 4.98 Å². The van der Waals surface area contributed by atoms with Crippen molar-refractivity contribution in [3.8, 4) is 0 Å². The summed E-state index contributed by atoms with van der Waals surface area (Å²) < 4.78 is 28.9. The minimum atomic E-state index is -3.88. The average Bonchev–Trinajstić information content (AvgIpc) is 3.17. The molecule has 0 spiro atoms. The van der Waals surface area contributed by atoms with Gasteiger partial charge in [-0.25, -0.2) is 8.42 Å². The molecule has 1 N–H and O–H groups in total. The monoisotopic (exact) mass is 500 g/mol. The molecule has 4 rings (SSSR count). The number of aromatic amines is 1. The van der Waals surface area contributed by atoms with Gasteiger partial charge < -0.3 is 14.8 Å². The van der Waals surface area contributed by atoms with E-state index >= 15 is 0 Å². The van der Waals surface area contributed by atoms with Gasteiger partial charge in [0.15, 0.2) is 0 Å². The number of H-pyrrole nitrogens is 1. The van der Waals surface area contributed by atoms with Crippen molar-refractivity contribution in [1.82, 2.24) is 14.2 Å². The number of nitrogens with zero attached hydrogens (tertiary/aromatic N) is 3. The summed E-state index contributed by atoms with van der Waals surface area (Å²) in [6.45, 7) is 7.28. The molecule has 35 heavy (non-hydrogen) atoms. The highest BCUT2D eigenvalue weighted by Crippen LogP contribution is 2.32. The van der Waals surface area contributed by atoms with Gasteiger partial charge in [0.25, 0.3) is 5.91 Å². The highest BCUT2D eigenvalue weighted by Gasteiger charge is 2.38. The molecule has 2 amide bonds. The van der Waals surface area contributed by atoms with Crippen molar-refractivity contribution >= 4 is 27.5 Å². The summed E-state index contributed by atoms with van der Waals surface area (Å²) in [7, 11) is -2.12. The number of aryl methyl sites for hydroxylation is 3. The molecule has 0 bridgehead atoms. The Hall–Kier alpha value is -2.65. The number of piperidine rings is 2. The predicted octanol–water partition coefficient (Wildman–Crippen LogP) is 3.63. The SMILES string of the molecule is Cc1ccc(N(C)C(=O)C2CCN(S(=O)(=O)c3c(C)[nH]c(C)c3C(=O)N3CCCCC3)CC2)cc1. The summed E-state index contributed by atoms with van der Waals surface area (Å²) in [4.78, 5) is 33.0. The lowest BCUT2D eigenvalue weighted by molar-refractivity contribution is -0.123. The largest absolute Gasteiger partial charge is 0.361 e. The van der Waals surface area contributed by atoms with Gasteiger partial charge in [0, 0.05) is 56.2 Å². The minimum absolute atomic E-state index is 0.000496. The van der Waals surface area contributed by atoms with Gasteiger partial charge in [-0.1, -0.05) is 17.7 Å². The van der Waals surface area contributed by atoms with Crippen LogP contribution in [0.2, 0.25) is 0 Å². The molecule has 8 nitrogen and oxygen atoms in total. The topological polar surface area (TPSA) is 93.8 Å². The number of likely N-dealkylation sites (tertiary alicyclic amines) is 1. The van der Waals surface area contributed by atoms with Gasteiger partial charge in [0.1, 0.15) is 4.90 Å². The number of benzene rings is 1. The van der Waals surface area contributed by atoms with Crippen molar-refractivity contribution in [2.24, 2.45) is 5.92 Å². The molecular weight excluding hydrogens is 464 g/mol. The van der Waals surface area contributed by atoms with Crippen LogP contribution in [0.25, 0.3) is 0 Å². The zero-order valence-corrected chi connectivity index (χ0v) is 22.0. The molecule has 2 fully saturated rings. The van der Waals surface area contributed by atoms with Gasteiger partial charge in [-0.15, -0.1) is 0 Å². The highest BCUT2D eigenvalue weighted by molar-refractivity contribution is 7.89. The number of sulfonamides is 1. The third-order valence-electron chi connectivity index (χ3n) is 7.33. The molecule has 2 aromatic rings. The van der Waals surface area contributed by atoms with Crippen molar-refractivity contribution in [3.63, 3.8) is 0 Å². The van der Waals surface area contributed by atoms with Crippen LogP contribution in [0, 0.1) is 26.7 Å². The van der Waals surface area contributed by atoms with Gasteiger partial charge in [-0.3, -0.25) is 9.59 Å². The Balaban J connectivity index is 1.50. The van der Waals surface area contributed by atoms with E-state index in [0.29, 0.717) is 37.3 Å². The molecule has 9 heteroatoms. The first kappa shape index (κ1) is 25.4. The van der Waals surface area contributed by atoms with Crippen LogP contribution >= 0.6 is 0 Å². The fourth-order valence-corrected chi connectivity index (χ4v) is 7.12. The van der Waals surface area contributed by atoms with E-state index < -0.39 is 10.0 Å². The average molecular weight is 501 g/mol. The Morgan fingerprint density at radius 1 is 0.914 bits per heavy atom. The quantitative estimate of drug-likeness (QED) is 0.678. The maximum Gasteiger partial charge on any atom is 0.257 e. The molecule has 1 aromatic carbocycles. The number of nitrogens with one attached hydrogen (secondary N) is 1. The molecule has 0 unspecified atom stereocenters. The third kappa shape index (κ3) is 5.02. The number of carbonyl (C=O) groups is 2. The fourth-order valence-electron chi connectivity index (χ4n) is 5.24. The zero-order chi connectivity index (χ0) is 25.3. The van der Waals surface area contributed by atoms with Crippen molar-refractivity contribution in [3.05, 3.63) is 46.8 Å². The molecule has 0 aliphatic carbocycles. The molecule has 0 saturated carbocycles. The fraction of sp³-hybridized carbons (Fsp3) is 0.538. The summed E-state index contributed by atoms with van der Waals surface area (Å²) in [6.07, 6.45) is 3.87. The summed E-state index contributed by atoms with van der Waals surface area (Å²) >= 11 is 0. The second-order valence-corrected chi connectivity index (χ2v) is 11.7. The molecule has 2 aliphatic rings. The Morgan fingerprint density at radius 3 is 2.11 bits per heavy atom. The zero-order valence-electron chi connectivity index (χ0n) is 21.1. The Labute approximate surface area is 208 Å². The Morgan fingerprint density at radius 2 is 1.51 bits per heavy atom. The van der Waals surface area contributed by atoms with Crippen molar-refractivity contribution in [1.29, 1.82) is 0 Å². The minimum Gasteiger partial charge on any atom is -0.361 e. The number of anilines is 1. The molecule has 1 aromatic heterocycles. The first-order valence-corrected chi connectivity index (χ1v) is 13.9. The lowest BCUT2D eigenvalue weighted by atomic mass is 9.96. The van der Waals surface area contributed by atoms with Crippen LogP contribution in [-0.4, -0.2) is 67.6 Å². The van der Waals surface area contributed by atoms with Gasteiger partial charge >= 0.3 is 0 Å².